The minimum absolute atomic E-state index is 0.154. The van der Waals surface area contributed by atoms with E-state index in [0.717, 1.165) is 6.42 Å². The molecule has 0 aliphatic carbocycles. The number of ether oxygens (including phenoxy) is 1. The van der Waals surface area contributed by atoms with E-state index in [-0.39, 0.29) is 17.1 Å². The van der Waals surface area contributed by atoms with Gasteiger partial charge in [0.15, 0.2) is 0 Å². The minimum atomic E-state index is -0.560. The second-order valence-electron chi connectivity index (χ2n) is 4.68. The molecule has 0 aliphatic heterocycles. The number of hydrogen-bond acceptors (Lipinski definition) is 6. The molecule has 0 saturated heterocycles. The molecular weight excluding hydrogens is 260 g/mol. The Kier molecular flexibility index (Phi) is 6.40. The van der Waals surface area contributed by atoms with E-state index >= 15 is 0 Å². The maximum atomic E-state index is 10.9. The molecule has 1 rings (SSSR count). The fourth-order valence-electron chi connectivity index (χ4n) is 1.45. The van der Waals surface area contributed by atoms with Crippen molar-refractivity contribution in [1.82, 2.24) is 4.98 Å². The molecule has 7 heteroatoms. The number of nitro groups is 1. The first-order chi connectivity index (χ1) is 9.54. The third kappa shape index (κ3) is 5.20. The van der Waals surface area contributed by atoms with Gasteiger partial charge in [0.2, 0.25) is 5.82 Å². The Morgan fingerprint density at radius 3 is 2.90 bits per heavy atom. The van der Waals surface area contributed by atoms with Gasteiger partial charge in [0.25, 0.3) is 0 Å². The molecule has 0 amide bonds. The summed E-state index contributed by atoms with van der Waals surface area (Å²) in [7, 11) is 0. The van der Waals surface area contributed by atoms with Gasteiger partial charge in [-0.1, -0.05) is 13.8 Å². The van der Waals surface area contributed by atoms with Crippen LogP contribution in [-0.4, -0.2) is 29.7 Å². The van der Waals surface area contributed by atoms with Crippen LogP contribution < -0.4 is 5.32 Å². The highest BCUT2D eigenvalue weighted by atomic mass is 16.6. The largest absolute Gasteiger partial charge is 0.380 e. The van der Waals surface area contributed by atoms with E-state index in [1.54, 1.807) is 0 Å². The van der Waals surface area contributed by atoms with E-state index in [0.29, 0.717) is 25.7 Å². The summed E-state index contributed by atoms with van der Waals surface area (Å²) in [5.74, 6) is 0.741. The maximum Gasteiger partial charge on any atom is 0.312 e. The highest BCUT2D eigenvalue weighted by Crippen LogP contribution is 2.22. The summed E-state index contributed by atoms with van der Waals surface area (Å²) in [5.41, 5.74) is -0.0401. The van der Waals surface area contributed by atoms with Crippen LogP contribution >= 0.6 is 0 Å². The van der Waals surface area contributed by atoms with Gasteiger partial charge in [-0.25, -0.2) is 4.98 Å². The Hall–Kier alpha value is -2.20. The van der Waals surface area contributed by atoms with Crippen molar-refractivity contribution in [1.29, 1.82) is 5.26 Å². The van der Waals surface area contributed by atoms with Crippen LogP contribution in [-0.2, 0) is 4.74 Å². The lowest BCUT2D eigenvalue weighted by Crippen LogP contribution is -2.13. The minimum Gasteiger partial charge on any atom is -0.380 e. The third-order valence-electron chi connectivity index (χ3n) is 2.57. The van der Waals surface area contributed by atoms with Gasteiger partial charge in [0.1, 0.15) is 6.07 Å². The average Bonchev–Trinajstić information content (AvgIpc) is 2.42. The van der Waals surface area contributed by atoms with Crippen LogP contribution in [0.2, 0.25) is 0 Å². The summed E-state index contributed by atoms with van der Waals surface area (Å²) in [6.07, 6.45) is 2.28. The number of rotatable bonds is 8. The summed E-state index contributed by atoms with van der Waals surface area (Å²) >= 11 is 0. The summed E-state index contributed by atoms with van der Waals surface area (Å²) in [5, 5.41) is 22.4. The van der Waals surface area contributed by atoms with Gasteiger partial charge in [-0.3, -0.25) is 10.1 Å². The van der Waals surface area contributed by atoms with Gasteiger partial charge in [0, 0.05) is 25.4 Å². The van der Waals surface area contributed by atoms with Crippen LogP contribution in [0.5, 0.6) is 0 Å². The molecule has 0 bridgehead atoms. The van der Waals surface area contributed by atoms with Gasteiger partial charge < -0.3 is 10.1 Å². The van der Waals surface area contributed by atoms with Crippen molar-refractivity contribution >= 4 is 11.5 Å². The van der Waals surface area contributed by atoms with Crippen LogP contribution in [0.1, 0.15) is 25.8 Å². The second kappa shape index (κ2) is 8.07. The molecule has 7 nitrogen and oxygen atoms in total. The van der Waals surface area contributed by atoms with Crippen LogP contribution in [0.25, 0.3) is 0 Å². The predicted molar refractivity (Wildman–Crippen MR) is 74.4 cm³/mol. The van der Waals surface area contributed by atoms with Crippen molar-refractivity contribution in [2.24, 2.45) is 5.92 Å². The van der Waals surface area contributed by atoms with Gasteiger partial charge in [-0.05, 0) is 12.3 Å². The van der Waals surface area contributed by atoms with E-state index in [4.69, 9.17) is 10.00 Å². The standard InChI is InChI=1S/C13H18N4O3/c1-10(2)3-5-20-6-4-15-13-12(17(18)19)7-11(8-14)9-16-13/h7,9-10H,3-6H2,1-2H3,(H,15,16). The van der Waals surface area contributed by atoms with Crippen molar-refractivity contribution in [3.05, 3.63) is 27.9 Å². The Balaban J connectivity index is 2.48. The number of nitriles is 1. The number of nitrogens with zero attached hydrogens (tertiary/aromatic N) is 3. The molecule has 0 fully saturated rings. The first-order valence-electron chi connectivity index (χ1n) is 6.40. The molecule has 0 aliphatic rings. The number of anilines is 1. The zero-order valence-corrected chi connectivity index (χ0v) is 11.6. The monoisotopic (exact) mass is 278 g/mol. The number of hydrogen-bond donors (Lipinski definition) is 1. The Morgan fingerprint density at radius 1 is 1.55 bits per heavy atom. The quantitative estimate of drug-likeness (QED) is 0.445. The molecule has 0 radical (unpaired) electrons. The highest BCUT2D eigenvalue weighted by molar-refractivity contribution is 5.58. The molecule has 20 heavy (non-hydrogen) atoms. The molecule has 0 aromatic carbocycles. The van der Waals surface area contributed by atoms with E-state index in [1.165, 1.54) is 12.3 Å². The smallest absolute Gasteiger partial charge is 0.312 e. The lowest BCUT2D eigenvalue weighted by Gasteiger charge is -2.08. The van der Waals surface area contributed by atoms with E-state index < -0.39 is 4.92 Å². The lowest BCUT2D eigenvalue weighted by molar-refractivity contribution is -0.384. The number of nitrogens with one attached hydrogen (secondary N) is 1. The summed E-state index contributed by atoms with van der Waals surface area (Å²) in [6.45, 7) is 5.78. The van der Waals surface area contributed by atoms with E-state index in [1.807, 2.05) is 6.07 Å². The predicted octanol–water partition coefficient (Wildman–Crippen LogP) is 2.34. The molecule has 0 atom stereocenters. The first kappa shape index (κ1) is 15.9. The fraction of sp³-hybridized carbons (Fsp3) is 0.538. The number of aromatic nitrogens is 1. The molecule has 0 saturated carbocycles. The topological polar surface area (TPSA) is 101 Å². The Labute approximate surface area is 117 Å². The van der Waals surface area contributed by atoms with Crippen LogP contribution in [0.15, 0.2) is 12.3 Å². The average molecular weight is 278 g/mol. The van der Waals surface area contributed by atoms with Crippen molar-refractivity contribution < 1.29 is 9.66 Å². The van der Waals surface area contributed by atoms with E-state index in [2.05, 4.69) is 24.1 Å². The van der Waals surface area contributed by atoms with Crippen molar-refractivity contribution in [3.8, 4) is 6.07 Å². The normalized spacial score (nSPS) is 10.3. The molecule has 1 aromatic heterocycles. The van der Waals surface area contributed by atoms with Crippen LogP contribution in [0.4, 0.5) is 11.5 Å². The fourth-order valence-corrected chi connectivity index (χ4v) is 1.45. The summed E-state index contributed by atoms with van der Waals surface area (Å²) in [4.78, 5) is 14.2. The highest BCUT2D eigenvalue weighted by Gasteiger charge is 2.15. The van der Waals surface area contributed by atoms with Gasteiger partial charge >= 0.3 is 5.69 Å². The zero-order chi connectivity index (χ0) is 15.0. The molecule has 0 unspecified atom stereocenters. The summed E-state index contributed by atoms with van der Waals surface area (Å²) < 4.78 is 5.40. The molecule has 1 aromatic rings. The molecule has 0 spiro atoms. The van der Waals surface area contributed by atoms with Crippen molar-refractivity contribution in [2.75, 3.05) is 25.1 Å². The lowest BCUT2D eigenvalue weighted by atomic mass is 10.1. The van der Waals surface area contributed by atoms with Crippen molar-refractivity contribution in [2.45, 2.75) is 20.3 Å². The zero-order valence-electron chi connectivity index (χ0n) is 11.6. The molecule has 1 heterocycles. The van der Waals surface area contributed by atoms with E-state index in [9.17, 15) is 10.1 Å². The Bertz CT molecular complexity index is 497. The first-order valence-corrected chi connectivity index (χ1v) is 6.40. The SMILES string of the molecule is CC(C)CCOCCNc1ncc(C#N)cc1[N+](=O)[O-]. The molecule has 108 valence electrons. The molecular formula is C13H18N4O3. The maximum absolute atomic E-state index is 10.9. The number of pyridine rings is 1. The van der Waals surface area contributed by atoms with Crippen molar-refractivity contribution in [3.63, 3.8) is 0 Å². The molecule has 1 N–H and O–H groups in total. The van der Waals surface area contributed by atoms with Crippen LogP contribution in [0, 0.1) is 27.4 Å². The van der Waals surface area contributed by atoms with Gasteiger partial charge in [-0.2, -0.15) is 5.26 Å². The van der Waals surface area contributed by atoms with Crippen LogP contribution in [0.3, 0.4) is 0 Å². The third-order valence-corrected chi connectivity index (χ3v) is 2.57. The Morgan fingerprint density at radius 2 is 2.30 bits per heavy atom. The second-order valence-corrected chi connectivity index (χ2v) is 4.68. The summed E-state index contributed by atoms with van der Waals surface area (Å²) in [6, 6.07) is 3.03. The van der Waals surface area contributed by atoms with Gasteiger partial charge in [-0.15, -0.1) is 0 Å². The van der Waals surface area contributed by atoms with Gasteiger partial charge in [0.05, 0.1) is 17.1 Å².